The van der Waals surface area contributed by atoms with Gasteiger partial charge in [-0.05, 0) is 37.0 Å². The molecule has 108 valence electrons. The molecule has 5 heteroatoms. The summed E-state index contributed by atoms with van der Waals surface area (Å²) in [5.74, 6) is 0.295. The third-order valence-corrected chi connectivity index (χ3v) is 5.05. The van der Waals surface area contributed by atoms with Crippen LogP contribution in [-0.2, 0) is 16.4 Å². The second-order valence-corrected chi connectivity index (χ2v) is 6.63. The molecule has 1 aromatic carbocycles. The minimum Gasteiger partial charge on any atom is -0.396 e. The number of hydrogen-bond donors (Lipinski definition) is 2. The zero-order valence-corrected chi connectivity index (χ0v) is 12.6. The normalized spacial score (nSPS) is 15.2. The Bertz CT molecular complexity index is 482. The van der Waals surface area contributed by atoms with Gasteiger partial charge in [0, 0.05) is 12.6 Å². The van der Waals surface area contributed by atoms with Crippen LogP contribution in [0, 0.1) is 5.92 Å². The lowest BCUT2D eigenvalue weighted by atomic mass is 10.0. The van der Waals surface area contributed by atoms with Crippen molar-refractivity contribution in [2.24, 2.45) is 5.92 Å². The van der Waals surface area contributed by atoms with Gasteiger partial charge < -0.3 is 5.11 Å². The fourth-order valence-corrected chi connectivity index (χ4v) is 3.10. The van der Waals surface area contributed by atoms with Crippen LogP contribution in [0.1, 0.15) is 32.8 Å². The Morgan fingerprint density at radius 3 is 2.26 bits per heavy atom. The Balaban J connectivity index is 2.82. The molecule has 0 bridgehead atoms. The summed E-state index contributed by atoms with van der Waals surface area (Å²) in [7, 11) is -3.46. The third-order valence-electron chi connectivity index (χ3n) is 3.47. The second kappa shape index (κ2) is 7.03. The molecule has 0 saturated carbocycles. The van der Waals surface area contributed by atoms with E-state index >= 15 is 0 Å². The molecule has 0 aliphatic rings. The number of sulfonamides is 1. The summed E-state index contributed by atoms with van der Waals surface area (Å²) in [4.78, 5) is 0.268. The van der Waals surface area contributed by atoms with Crippen LogP contribution in [0.4, 0.5) is 0 Å². The quantitative estimate of drug-likeness (QED) is 0.804. The summed E-state index contributed by atoms with van der Waals surface area (Å²) in [5.41, 5.74) is 0.927. The highest BCUT2D eigenvalue weighted by Gasteiger charge is 2.20. The van der Waals surface area contributed by atoms with Gasteiger partial charge in [-0.3, -0.25) is 0 Å². The lowest BCUT2D eigenvalue weighted by Crippen LogP contribution is -2.36. The third kappa shape index (κ3) is 4.60. The van der Waals surface area contributed by atoms with Gasteiger partial charge >= 0.3 is 0 Å². The van der Waals surface area contributed by atoms with E-state index in [0.717, 1.165) is 12.0 Å². The van der Waals surface area contributed by atoms with E-state index in [4.69, 9.17) is 5.11 Å². The summed E-state index contributed by atoms with van der Waals surface area (Å²) < 4.78 is 27.0. The number of aliphatic hydroxyl groups is 1. The minimum absolute atomic E-state index is 0.0649. The molecule has 0 aliphatic heterocycles. The van der Waals surface area contributed by atoms with Gasteiger partial charge in [0.15, 0.2) is 0 Å². The first-order valence-corrected chi connectivity index (χ1v) is 8.11. The molecule has 1 rings (SSSR count). The molecule has 0 aromatic heterocycles. The van der Waals surface area contributed by atoms with Crippen molar-refractivity contribution < 1.29 is 13.5 Å². The maximum atomic E-state index is 12.2. The number of nitrogens with one attached hydrogen (secondary N) is 1. The van der Waals surface area contributed by atoms with Gasteiger partial charge in [0.05, 0.1) is 4.90 Å². The first-order chi connectivity index (χ1) is 8.90. The summed E-state index contributed by atoms with van der Waals surface area (Å²) in [6.45, 7) is 6.01. The Hall–Kier alpha value is -0.910. The highest BCUT2D eigenvalue weighted by molar-refractivity contribution is 7.89. The van der Waals surface area contributed by atoms with Crippen LogP contribution in [0.25, 0.3) is 0 Å². The van der Waals surface area contributed by atoms with E-state index in [2.05, 4.69) is 4.72 Å². The van der Waals surface area contributed by atoms with E-state index in [0.29, 0.717) is 12.3 Å². The van der Waals surface area contributed by atoms with Crippen molar-refractivity contribution in [2.45, 2.75) is 44.6 Å². The molecular weight excluding hydrogens is 262 g/mol. The summed E-state index contributed by atoms with van der Waals surface area (Å²) in [6.07, 6.45) is 1.47. The molecule has 0 heterocycles. The van der Waals surface area contributed by atoms with Crippen molar-refractivity contribution >= 4 is 10.0 Å². The first-order valence-electron chi connectivity index (χ1n) is 6.62. The van der Waals surface area contributed by atoms with Gasteiger partial charge in [-0.25, -0.2) is 13.1 Å². The Kier molecular flexibility index (Phi) is 5.97. The molecule has 2 atom stereocenters. The van der Waals surface area contributed by atoms with Crippen LogP contribution < -0.4 is 4.72 Å². The van der Waals surface area contributed by atoms with E-state index in [1.807, 2.05) is 20.8 Å². The van der Waals surface area contributed by atoms with Crippen molar-refractivity contribution in [3.63, 3.8) is 0 Å². The lowest BCUT2D eigenvalue weighted by Gasteiger charge is -2.19. The maximum absolute atomic E-state index is 12.2. The number of rotatable bonds is 7. The summed E-state index contributed by atoms with van der Waals surface area (Å²) in [6, 6.07) is 6.54. The molecule has 0 amide bonds. The van der Waals surface area contributed by atoms with Gasteiger partial charge in [0.25, 0.3) is 0 Å². The van der Waals surface area contributed by atoms with Gasteiger partial charge in [0.2, 0.25) is 10.0 Å². The topological polar surface area (TPSA) is 66.4 Å². The van der Waals surface area contributed by atoms with Crippen LogP contribution in [0.3, 0.4) is 0 Å². The molecule has 0 aliphatic carbocycles. The Morgan fingerprint density at radius 2 is 1.79 bits per heavy atom. The number of aliphatic hydroxyl groups excluding tert-OH is 1. The van der Waals surface area contributed by atoms with Crippen molar-refractivity contribution in [3.8, 4) is 0 Å². The Labute approximate surface area is 115 Å². The average molecular weight is 285 g/mol. The molecule has 0 radical (unpaired) electrons. The summed E-state index contributed by atoms with van der Waals surface area (Å²) >= 11 is 0. The number of hydrogen-bond acceptors (Lipinski definition) is 3. The highest BCUT2D eigenvalue weighted by atomic mass is 32.2. The minimum atomic E-state index is -3.46. The van der Waals surface area contributed by atoms with Crippen LogP contribution in [0.2, 0.25) is 0 Å². The fraction of sp³-hybridized carbons (Fsp3) is 0.571. The first kappa shape index (κ1) is 16.1. The van der Waals surface area contributed by atoms with Crippen LogP contribution in [0.5, 0.6) is 0 Å². The van der Waals surface area contributed by atoms with E-state index in [-0.39, 0.29) is 17.5 Å². The van der Waals surface area contributed by atoms with E-state index in [9.17, 15) is 8.42 Å². The zero-order chi connectivity index (χ0) is 14.5. The standard InChI is InChI=1S/C14H23NO3S/c1-4-11(2)12(3)15-19(17,18)14-7-5-13(6-8-14)9-10-16/h5-8,11-12,15-16H,4,9-10H2,1-3H3. The van der Waals surface area contributed by atoms with Gasteiger partial charge in [-0.15, -0.1) is 0 Å². The smallest absolute Gasteiger partial charge is 0.240 e. The average Bonchev–Trinajstić information content (AvgIpc) is 2.38. The molecule has 0 spiro atoms. The van der Waals surface area contributed by atoms with E-state index in [1.165, 1.54) is 0 Å². The molecule has 0 saturated heterocycles. The van der Waals surface area contributed by atoms with Crippen molar-refractivity contribution in [2.75, 3.05) is 6.61 Å². The SMILES string of the molecule is CCC(C)C(C)NS(=O)(=O)c1ccc(CCO)cc1. The van der Waals surface area contributed by atoms with Crippen molar-refractivity contribution in [1.29, 1.82) is 0 Å². The van der Waals surface area contributed by atoms with Crippen LogP contribution in [0.15, 0.2) is 29.2 Å². The van der Waals surface area contributed by atoms with Crippen LogP contribution >= 0.6 is 0 Å². The number of benzene rings is 1. The molecule has 1 aromatic rings. The molecular formula is C14H23NO3S. The zero-order valence-electron chi connectivity index (χ0n) is 11.8. The predicted octanol–water partition coefficient (Wildman–Crippen LogP) is 1.93. The molecule has 2 unspecified atom stereocenters. The van der Waals surface area contributed by atoms with E-state index in [1.54, 1.807) is 24.3 Å². The van der Waals surface area contributed by atoms with Gasteiger partial charge in [0.1, 0.15) is 0 Å². The molecule has 4 nitrogen and oxygen atoms in total. The predicted molar refractivity (Wildman–Crippen MR) is 76.5 cm³/mol. The van der Waals surface area contributed by atoms with Gasteiger partial charge in [-0.1, -0.05) is 32.4 Å². The maximum Gasteiger partial charge on any atom is 0.240 e. The van der Waals surface area contributed by atoms with E-state index < -0.39 is 10.0 Å². The largest absolute Gasteiger partial charge is 0.396 e. The molecule has 2 N–H and O–H groups in total. The summed E-state index contributed by atoms with van der Waals surface area (Å²) in [5, 5.41) is 8.83. The lowest BCUT2D eigenvalue weighted by molar-refractivity contribution is 0.299. The molecule has 19 heavy (non-hydrogen) atoms. The van der Waals surface area contributed by atoms with Crippen LogP contribution in [-0.4, -0.2) is 26.2 Å². The van der Waals surface area contributed by atoms with Crippen molar-refractivity contribution in [1.82, 2.24) is 4.72 Å². The highest BCUT2D eigenvalue weighted by Crippen LogP contribution is 2.14. The Morgan fingerprint density at radius 1 is 1.21 bits per heavy atom. The van der Waals surface area contributed by atoms with Gasteiger partial charge in [-0.2, -0.15) is 0 Å². The molecule has 0 fully saturated rings. The fourth-order valence-electron chi connectivity index (χ4n) is 1.75. The monoisotopic (exact) mass is 285 g/mol. The second-order valence-electron chi connectivity index (χ2n) is 4.91. The van der Waals surface area contributed by atoms with Crippen molar-refractivity contribution in [3.05, 3.63) is 29.8 Å².